The fraction of sp³-hybridized carbons (Fsp3) is 0.435. The summed E-state index contributed by atoms with van der Waals surface area (Å²) in [5.41, 5.74) is 3.20. The first-order valence-corrected chi connectivity index (χ1v) is 11.2. The maximum absolute atomic E-state index is 13.1. The molecule has 2 aromatic carbocycles. The van der Waals surface area contributed by atoms with Crippen LogP contribution >= 0.6 is 11.6 Å². The molecule has 31 heavy (non-hydrogen) atoms. The fourth-order valence-electron chi connectivity index (χ4n) is 4.81. The van der Waals surface area contributed by atoms with Gasteiger partial charge in [0.2, 0.25) is 5.91 Å². The molecule has 2 fully saturated rings. The molecule has 0 bridgehead atoms. The molecule has 2 unspecified atom stereocenters. The van der Waals surface area contributed by atoms with Crippen LogP contribution < -0.4 is 10.2 Å². The average Bonchev–Trinajstić information content (AvgIpc) is 3.58. The number of nitrogens with zero attached hydrogens (tertiary/aromatic N) is 3. The van der Waals surface area contributed by atoms with Crippen molar-refractivity contribution in [3.05, 3.63) is 68.7 Å². The summed E-state index contributed by atoms with van der Waals surface area (Å²) < 4.78 is 0. The lowest BCUT2D eigenvalue weighted by molar-refractivity contribution is -0.384. The van der Waals surface area contributed by atoms with E-state index in [1.807, 2.05) is 30.3 Å². The standard InChI is InChI=1S/C23H25ClN4O3/c24-17-3-1-15(2-4-17)13-26-9-10-27-21-8-7-19(28(30)31)11-16(21)12-20(22(27)14-26)23(29)25-18-5-6-18/h1-4,7-8,11,18,20,22H,5-6,9-10,12-14H2,(H,25,29). The van der Waals surface area contributed by atoms with Gasteiger partial charge < -0.3 is 10.2 Å². The van der Waals surface area contributed by atoms with E-state index in [0.29, 0.717) is 12.5 Å². The number of carbonyl (C=O) groups excluding carboxylic acids is 1. The van der Waals surface area contributed by atoms with Crippen LogP contribution in [0.4, 0.5) is 11.4 Å². The average molecular weight is 441 g/mol. The van der Waals surface area contributed by atoms with Crippen LogP contribution in [0.1, 0.15) is 24.0 Å². The number of nitro groups is 1. The number of fused-ring (bicyclic) bond motifs is 3. The van der Waals surface area contributed by atoms with Crippen LogP contribution in [0.2, 0.25) is 5.02 Å². The number of carbonyl (C=O) groups is 1. The van der Waals surface area contributed by atoms with Gasteiger partial charge in [0.15, 0.2) is 0 Å². The summed E-state index contributed by atoms with van der Waals surface area (Å²) in [5.74, 6) is -0.147. The summed E-state index contributed by atoms with van der Waals surface area (Å²) in [6, 6.07) is 13.3. The monoisotopic (exact) mass is 440 g/mol. The minimum atomic E-state index is -0.365. The van der Waals surface area contributed by atoms with E-state index in [1.165, 1.54) is 5.56 Å². The molecule has 3 aliphatic rings. The van der Waals surface area contributed by atoms with Gasteiger partial charge in [-0.2, -0.15) is 0 Å². The van der Waals surface area contributed by atoms with Crippen molar-refractivity contribution in [2.45, 2.75) is 37.9 Å². The molecule has 162 valence electrons. The Balaban J connectivity index is 1.41. The lowest BCUT2D eigenvalue weighted by atomic mass is 9.83. The highest BCUT2D eigenvalue weighted by Crippen LogP contribution is 2.38. The number of benzene rings is 2. The van der Waals surface area contributed by atoms with Crippen molar-refractivity contribution in [3.8, 4) is 0 Å². The maximum Gasteiger partial charge on any atom is 0.269 e. The van der Waals surface area contributed by atoms with E-state index in [-0.39, 0.29) is 28.5 Å². The molecule has 7 nitrogen and oxygen atoms in total. The SMILES string of the molecule is O=C(NC1CC1)C1Cc2cc([N+](=O)[O-])ccc2N2CCN(Cc3ccc(Cl)cc3)CC12. The summed E-state index contributed by atoms with van der Waals surface area (Å²) >= 11 is 6.02. The number of nitrogens with one attached hydrogen (secondary N) is 1. The predicted molar refractivity (Wildman–Crippen MR) is 119 cm³/mol. The molecule has 0 aromatic heterocycles. The Morgan fingerprint density at radius 1 is 1.16 bits per heavy atom. The zero-order chi connectivity index (χ0) is 21.5. The Hall–Kier alpha value is -2.64. The minimum Gasteiger partial charge on any atom is -0.365 e. The van der Waals surface area contributed by atoms with E-state index in [0.717, 1.165) is 55.3 Å². The van der Waals surface area contributed by atoms with E-state index in [4.69, 9.17) is 11.6 Å². The van der Waals surface area contributed by atoms with Gasteiger partial charge in [0.1, 0.15) is 0 Å². The van der Waals surface area contributed by atoms with Crippen molar-refractivity contribution in [1.29, 1.82) is 0 Å². The molecule has 2 atom stereocenters. The van der Waals surface area contributed by atoms with Gasteiger partial charge in [-0.3, -0.25) is 19.8 Å². The van der Waals surface area contributed by atoms with Crippen LogP contribution in [-0.2, 0) is 17.8 Å². The van der Waals surface area contributed by atoms with Crippen LogP contribution in [0.5, 0.6) is 0 Å². The van der Waals surface area contributed by atoms with E-state index in [9.17, 15) is 14.9 Å². The number of non-ortho nitro benzene ring substituents is 1. The van der Waals surface area contributed by atoms with E-state index in [1.54, 1.807) is 12.1 Å². The van der Waals surface area contributed by atoms with Gasteiger partial charge in [-0.1, -0.05) is 23.7 Å². The lowest BCUT2D eigenvalue weighted by Crippen LogP contribution is -2.61. The quantitative estimate of drug-likeness (QED) is 0.569. The molecule has 1 N–H and O–H groups in total. The van der Waals surface area contributed by atoms with Gasteiger partial charge in [0.25, 0.3) is 5.69 Å². The number of rotatable bonds is 5. The summed E-state index contributed by atoms with van der Waals surface area (Å²) in [6.45, 7) is 3.25. The summed E-state index contributed by atoms with van der Waals surface area (Å²) in [7, 11) is 0. The topological polar surface area (TPSA) is 78.7 Å². The molecule has 5 rings (SSSR count). The molecule has 1 amide bonds. The van der Waals surface area contributed by atoms with Gasteiger partial charge in [0, 0.05) is 55.1 Å². The third-order valence-electron chi connectivity index (χ3n) is 6.57. The van der Waals surface area contributed by atoms with Gasteiger partial charge >= 0.3 is 0 Å². The molecule has 2 aromatic rings. The lowest BCUT2D eigenvalue weighted by Gasteiger charge is -2.49. The Labute approximate surface area is 186 Å². The smallest absolute Gasteiger partial charge is 0.269 e. The first kappa shape index (κ1) is 20.3. The molecule has 2 aliphatic heterocycles. The normalized spacial score (nSPS) is 23.1. The predicted octanol–water partition coefficient (Wildman–Crippen LogP) is 3.39. The summed E-state index contributed by atoms with van der Waals surface area (Å²) in [5, 5.41) is 15.2. The highest BCUT2D eigenvalue weighted by atomic mass is 35.5. The van der Waals surface area contributed by atoms with Crippen LogP contribution in [0, 0.1) is 16.0 Å². The number of anilines is 1. The Morgan fingerprint density at radius 3 is 2.65 bits per heavy atom. The number of hydrogen-bond acceptors (Lipinski definition) is 5. The van der Waals surface area contributed by atoms with E-state index < -0.39 is 0 Å². The van der Waals surface area contributed by atoms with Crippen LogP contribution in [0.15, 0.2) is 42.5 Å². The van der Waals surface area contributed by atoms with Crippen molar-refractivity contribution < 1.29 is 9.72 Å². The van der Waals surface area contributed by atoms with Crippen LogP contribution in [0.3, 0.4) is 0 Å². The molecule has 1 saturated heterocycles. The molecule has 0 radical (unpaired) electrons. The number of amides is 1. The van der Waals surface area contributed by atoms with Crippen molar-refractivity contribution in [1.82, 2.24) is 10.2 Å². The fourth-order valence-corrected chi connectivity index (χ4v) is 4.94. The molecule has 8 heteroatoms. The van der Waals surface area contributed by atoms with Gasteiger partial charge in [-0.15, -0.1) is 0 Å². The molecule has 2 heterocycles. The molecular formula is C23H25ClN4O3. The van der Waals surface area contributed by atoms with Crippen LogP contribution in [-0.4, -0.2) is 47.4 Å². The van der Waals surface area contributed by atoms with Crippen molar-refractivity contribution >= 4 is 28.9 Å². The number of piperazine rings is 1. The summed E-state index contributed by atoms with van der Waals surface area (Å²) in [4.78, 5) is 28.7. The van der Waals surface area contributed by atoms with Gasteiger partial charge in [0.05, 0.1) is 16.9 Å². The first-order valence-electron chi connectivity index (χ1n) is 10.8. The summed E-state index contributed by atoms with van der Waals surface area (Å²) in [6.07, 6.45) is 2.61. The number of halogens is 1. The van der Waals surface area contributed by atoms with Gasteiger partial charge in [-0.25, -0.2) is 0 Å². The second-order valence-corrected chi connectivity index (χ2v) is 9.22. The zero-order valence-corrected chi connectivity index (χ0v) is 17.9. The Morgan fingerprint density at radius 2 is 1.94 bits per heavy atom. The Bertz CT molecular complexity index is 1010. The van der Waals surface area contributed by atoms with E-state index >= 15 is 0 Å². The van der Waals surface area contributed by atoms with Crippen LogP contribution in [0.25, 0.3) is 0 Å². The van der Waals surface area contributed by atoms with Crippen molar-refractivity contribution in [2.75, 3.05) is 24.5 Å². The number of nitro benzene ring substituents is 1. The highest BCUT2D eigenvalue weighted by Gasteiger charge is 2.43. The van der Waals surface area contributed by atoms with Gasteiger partial charge in [-0.05, 0) is 48.6 Å². The molecule has 1 aliphatic carbocycles. The molecule has 1 saturated carbocycles. The third kappa shape index (κ3) is 4.25. The van der Waals surface area contributed by atoms with Crippen molar-refractivity contribution in [3.63, 3.8) is 0 Å². The van der Waals surface area contributed by atoms with E-state index in [2.05, 4.69) is 15.1 Å². The zero-order valence-electron chi connectivity index (χ0n) is 17.2. The second kappa shape index (κ2) is 8.13. The number of hydrogen-bond donors (Lipinski definition) is 1. The second-order valence-electron chi connectivity index (χ2n) is 8.79. The maximum atomic E-state index is 13.1. The Kier molecular flexibility index (Phi) is 5.32. The van der Waals surface area contributed by atoms with Crippen molar-refractivity contribution in [2.24, 2.45) is 5.92 Å². The highest BCUT2D eigenvalue weighted by molar-refractivity contribution is 6.30. The first-order chi connectivity index (χ1) is 15.0. The third-order valence-corrected chi connectivity index (χ3v) is 6.82. The largest absolute Gasteiger partial charge is 0.365 e. The minimum absolute atomic E-state index is 0.0498. The molecule has 0 spiro atoms. The molecular weight excluding hydrogens is 416 g/mol.